The van der Waals surface area contributed by atoms with Gasteiger partial charge in [0, 0.05) is 18.9 Å². The van der Waals surface area contributed by atoms with Gasteiger partial charge in [-0.1, -0.05) is 12.1 Å². The first kappa shape index (κ1) is 15.5. The Labute approximate surface area is 131 Å². The molecule has 0 radical (unpaired) electrons. The van der Waals surface area contributed by atoms with E-state index in [1.807, 2.05) is 0 Å². The maximum Gasteiger partial charge on any atom is 0.416 e. The molecule has 3 rings (SSSR count). The summed E-state index contributed by atoms with van der Waals surface area (Å²) in [5, 5.41) is 0. The Morgan fingerprint density at radius 1 is 1.17 bits per heavy atom. The van der Waals surface area contributed by atoms with Gasteiger partial charge >= 0.3 is 6.18 Å². The number of rotatable bonds is 2. The van der Waals surface area contributed by atoms with Crippen LogP contribution in [0, 0.1) is 0 Å². The average molecular weight is 321 g/mol. The van der Waals surface area contributed by atoms with Crippen LogP contribution >= 0.6 is 0 Å². The smallest absolute Gasteiger partial charge is 0.330 e. The van der Waals surface area contributed by atoms with Crippen molar-refractivity contribution in [3.8, 4) is 0 Å². The van der Waals surface area contributed by atoms with Crippen LogP contribution in [0.25, 0.3) is 0 Å². The summed E-state index contributed by atoms with van der Waals surface area (Å²) in [6, 6.07) is 4.76. The lowest BCUT2D eigenvalue weighted by molar-refractivity contribution is -0.137. The third kappa shape index (κ3) is 3.18. The number of benzene rings is 1. The number of hydrogen-bond acceptors (Lipinski definition) is 3. The number of amides is 1. The largest absolute Gasteiger partial charge is 0.416 e. The minimum Gasteiger partial charge on any atom is -0.330 e. The number of carbonyl (C=O) groups is 1. The molecular formula is C16H14F3N3O. The summed E-state index contributed by atoms with van der Waals surface area (Å²) in [5.74, 6) is -0.250. The van der Waals surface area contributed by atoms with Crippen molar-refractivity contribution < 1.29 is 18.0 Å². The molecule has 1 aromatic heterocycles. The van der Waals surface area contributed by atoms with Crippen molar-refractivity contribution in [1.82, 2.24) is 14.9 Å². The first-order valence-corrected chi connectivity index (χ1v) is 7.21. The molecule has 120 valence electrons. The molecule has 1 aliphatic heterocycles. The molecule has 7 heteroatoms. The van der Waals surface area contributed by atoms with Crippen molar-refractivity contribution in [2.75, 3.05) is 6.54 Å². The van der Waals surface area contributed by atoms with Gasteiger partial charge in [0.15, 0.2) is 0 Å². The maximum atomic E-state index is 12.6. The lowest BCUT2D eigenvalue weighted by atomic mass is 10.0. The Morgan fingerprint density at radius 3 is 2.52 bits per heavy atom. The molecule has 1 aromatic carbocycles. The SMILES string of the molecule is O=C(c1cnccn1)N1CCCC1c1ccc(C(F)(F)F)cc1. The van der Waals surface area contributed by atoms with Gasteiger partial charge in [-0.25, -0.2) is 4.98 Å². The molecule has 1 saturated heterocycles. The Balaban J connectivity index is 1.83. The molecule has 0 bridgehead atoms. The second-order valence-corrected chi connectivity index (χ2v) is 5.37. The fourth-order valence-corrected chi connectivity index (χ4v) is 2.81. The van der Waals surface area contributed by atoms with Crippen LogP contribution in [0.1, 0.15) is 40.5 Å². The van der Waals surface area contributed by atoms with E-state index in [2.05, 4.69) is 9.97 Å². The van der Waals surface area contributed by atoms with E-state index < -0.39 is 11.7 Å². The number of hydrogen-bond donors (Lipinski definition) is 0. The zero-order chi connectivity index (χ0) is 16.4. The van der Waals surface area contributed by atoms with Gasteiger partial charge in [0.05, 0.1) is 17.8 Å². The Kier molecular flexibility index (Phi) is 4.02. The molecule has 0 saturated carbocycles. The summed E-state index contributed by atoms with van der Waals surface area (Å²) in [5.41, 5.74) is 0.255. The van der Waals surface area contributed by atoms with E-state index in [1.165, 1.54) is 30.7 Å². The van der Waals surface area contributed by atoms with E-state index in [4.69, 9.17) is 0 Å². The van der Waals surface area contributed by atoms with Crippen molar-refractivity contribution in [3.63, 3.8) is 0 Å². The highest BCUT2D eigenvalue weighted by Gasteiger charge is 2.33. The molecule has 0 N–H and O–H groups in total. The van der Waals surface area contributed by atoms with Gasteiger partial charge in [0.25, 0.3) is 5.91 Å². The fourth-order valence-electron chi connectivity index (χ4n) is 2.81. The molecule has 4 nitrogen and oxygen atoms in total. The van der Waals surface area contributed by atoms with Crippen molar-refractivity contribution in [1.29, 1.82) is 0 Å². The molecule has 1 atom stereocenters. The molecule has 1 aliphatic rings. The van der Waals surface area contributed by atoms with E-state index >= 15 is 0 Å². The molecule has 1 unspecified atom stereocenters. The third-order valence-corrected chi connectivity index (χ3v) is 3.92. The summed E-state index contributed by atoms with van der Waals surface area (Å²) in [6.07, 6.45) is 1.48. The monoisotopic (exact) mass is 321 g/mol. The standard InChI is InChI=1S/C16H14F3N3O/c17-16(18,19)12-5-3-11(4-6-12)14-2-1-9-22(14)15(23)13-10-20-7-8-21-13/h3-8,10,14H,1-2,9H2. The molecule has 0 spiro atoms. The van der Waals surface area contributed by atoms with Crippen LogP contribution in [-0.2, 0) is 6.18 Å². The van der Waals surface area contributed by atoms with Crippen LogP contribution < -0.4 is 0 Å². The van der Waals surface area contributed by atoms with Gasteiger partial charge in [0.1, 0.15) is 5.69 Å². The highest BCUT2D eigenvalue weighted by molar-refractivity contribution is 5.92. The highest BCUT2D eigenvalue weighted by atomic mass is 19.4. The van der Waals surface area contributed by atoms with Crippen LogP contribution in [0.5, 0.6) is 0 Å². The van der Waals surface area contributed by atoms with Crippen molar-refractivity contribution >= 4 is 5.91 Å². The minimum absolute atomic E-state index is 0.230. The molecule has 2 aromatic rings. The molecule has 1 amide bonds. The van der Waals surface area contributed by atoms with Crippen molar-refractivity contribution in [2.24, 2.45) is 0 Å². The van der Waals surface area contributed by atoms with E-state index in [-0.39, 0.29) is 17.6 Å². The van der Waals surface area contributed by atoms with Crippen LogP contribution in [-0.4, -0.2) is 27.3 Å². The normalized spacial score (nSPS) is 18.2. The number of likely N-dealkylation sites (tertiary alicyclic amines) is 1. The summed E-state index contributed by atoms with van der Waals surface area (Å²) < 4.78 is 37.9. The van der Waals surface area contributed by atoms with E-state index in [0.717, 1.165) is 25.0 Å². The van der Waals surface area contributed by atoms with Gasteiger partial charge in [-0.15, -0.1) is 0 Å². The Morgan fingerprint density at radius 2 is 1.91 bits per heavy atom. The second-order valence-electron chi connectivity index (χ2n) is 5.37. The zero-order valence-electron chi connectivity index (χ0n) is 12.1. The Bertz CT molecular complexity index is 686. The topological polar surface area (TPSA) is 46.1 Å². The summed E-state index contributed by atoms with van der Waals surface area (Å²) in [7, 11) is 0. The van der Waals surface area contributed by atoms with Crippen molar-refractivity contribution in [3.05, 3.63) is 59.7 Å². The summed E-state index contributed by atoms with van der Waals surface area (Å²) in [6.45, 7) is 0.557. The summed E-state index contributed by atoms with van der Waals surface area (Å²) in [4.78, 5) is 22.0. The van der Waals surface area contributed by atoms with Crippen molar-refractivity contribution in [2.45, 2.75) is 25.1 Å². The van der Waals surface area contributed by atoms with E-state index in [1.54, 1.807) is 4.90 Å². The number of nitrogens with zero attached hydrogens (tertiary/aromatic N) is 3. The van der Waals surface area contributed by atoms with E-state index in [0.29, 0.717) is 12.1 Å². The number of aromatic nitrogens is 2. The van der Waals surface area contributed by atoms with Gasteiger partial charge in [-0.05, 0) is 30.5 Å². The number of carbonyl (C=O) groups excluding carboxylic acids is 1. The van der Waals surface area contributed by atoms with Crippen LogP contribution in [0.15, 0.2) is 42.9 Å². The van der Waals surface area contributed by atoms with Crippen LogP contribution in [0.3, 0.4) is 0 Å². The first-order valence-electron chi connectivity index (χ1n) is 7.21. The van der Waals surface area contributed by atoms with Gasteiger partial charge in [-0.3, -0.25) is 9.78 Å². The predicted molar refractivity (Wildman–Crippen MR) is 76.5 cm³/mol. The predicted octanol–water partition coefficient (Wildman–Crippen LogP) is 3.47. The maximum absolute atomic E-state index is 12.6. The fraction of sp³-hybridized carbons (Fsp3) is 0.312. The minimum atomic E-state index is -4.36. The van der Waals surface area contributed by atoms with Crippen LogP contribution in [0.2, 0.25) is 0 Å². The average Bonchev–Trinajstić information content (AvgIpc) is 3.04. The van der Waals surface area contributed by atoms with Gasteiger partial charge in [0.2, 0.25) is 0 Å². The number of alkyl halides is 3. The molecule has 1 fully saturated rings. The quantitative estimate of drug-likeness (QED) is 0.851. The lowest BCUT2D eigenvalue weighted by Gasteiger charge is -2.25. The molecular weight excluding hydrogens is 307 g/mol. The Hall–Kier alpha value is -2.44. The van der Waals surface area contributed by atoms with Gasteiger partial charge < -0.3 is 4.90 Å². The first-order chi connectivity index (χ1) is 11.0. The molecule has 0 aliphatic carbocycles. The zero-order valence-corrected chi connectivity index (χ0v) is 12.1. The van der Waals surface area contributed by atoms with E-state index in [9.17, 15) is 18.0 Å². The second kappa shape index (κ2) is 5.98. The molecule has 23 heavy (non-hydrogen) atoms. The molecule has 2 heterocycles. The third-order valence-electron chi connectivity index (χ3n) is 3.92. The van der Waals surface area contributed by atoms with Crippen LogP contribution in [0.4, 0.5) is 13.2 Å². The lowest BCUT2D eigenvalue weighted by Crippen LogP contribution is -2.31. The number of halogens is 3. The summed E-state index contributed by atoms with van der Waals surface area (Å²) >= 11 is 0. The van der Waals surface area contributed by atoms with Gasteiger partial charge in [-0.2, -0.15) is 13.2 Å². The highest BCUT2D eigenvalue weighted by Crippen LogP contribution is 2.35.